The van der Waals surface area contributed by atoms with Crippen molar-refractivity contribution in [2.24, 2.45) is 0 Å². The van der Waals surface area contributed by atoms with Crippen LogP contribution in [0.25, 0.3) is 48.0 Å². The molecule has 0 spiro atoms. The molecule has 7 rings (SSSR count). The van der Waals surface area contributed by atoms with Gasteiger partial charge in [0.15, 0.2) is 5.82 Å². The molecule has 0 amide bonds. The molecule has 0 bridgehead atoms. The topological polar surface area (TPSA) is 27.1 Å². The van der Waals surface area contributed by atoms with Crippen LogP contribution in [-0.2, 0) is 6.61 Å². The molecule has 142 valence electrons. The molecule has 0 atom stereocenters. The molecule has 2 aromatic heterocycles. The Hall–Kier alpha value is -3.63. The summed E-state index contributed by atoms with van der Waals surface area (Å²) in [6.07, 6.45) is 0. The van der Waals surface area contributed by atoms with Crippen molar-refractivity contribution in [2.45, 2.75) is 6.61 Å². The minimum atomic E-state index is 0.492. The lowest BCUT2D eigenvalue weighted by molar-refractivity contribution is 0.280. The number of para-hydroxylation sites is 2. The molecule has 30 heavy (non-hydrogen) atoms. The van der Waals surface area contributed by atoms with Gasteiger partial charge < -0.3 is 4.74 Å². The maximum Gasteiger partial charge on any atom is 0.152 e. The second kappa shape index (κ2) is 5.94. The molecule has 0 N–H and O–H groups in total. The van der Waals surface area contributed by atoms with Crippen LogP contribution in [0.4, 0.5) is 0 Å². The molecule has 3 nitrogen and oxygen atoms in total. The lowest BCUT2D eigenvalue weighted by Gasteiger charge is -2.19. The Labute approximate surface area is 176 Å². The van der Waals surface area contributed by atoms with E-state index in [1.807, 2.05) is 29.5 Å². The van der Waals surface area contributed by atoms with Crippen LogP contribution in [0.15, 0.2) is 84.9 Å². The number of nitrogens with zero attached hydrogens (tertiary/aromatic N) is 2. The van der Waals surface area contributed by atoms with Crippen LogP contribution in [0.2, 0.25) is 0 Å². The normalized spacial score (nSPS) is 12.8. The Morgan fingerprint density at radius 3 is 2.70 bits per heavy atom. The fraction of sp³-hybridized carbons (Fsp3) is 0.0385. The Morgan fingerprint density at radius 2 is 1.70 bits per heavy atom. The van der Waals surface area contributed by atoms with Crippen molar-refractivity contribution in [3.05, 3.63) is 90.8 Å². The molecule has 3 heterocycles. The van der Waals surface area contributed by atoms with E-state index < -0.39 is 0 Å². The van der Waals surface area contributed by atoms with Crippen molar-refractivity contribution < 1.29 is 4.74 Å². The Bertz CT molecular complexity index is 1610. The van der Waals surface area contributed by atoms with Gasteiger partial charge in [-0.05, 0) is 47.5 Å². The third-order valence-electron chi connectivity index (χ3n) is 5.90. The van der Waals surface area contributed by atoms with Gasteiger partial charge in [0.05, 0.1) is 16.7 Å². The molecule has 0 saturated carbocycles. The first kappa shape index (κ1) is 16.2. The van der Waals surface area contributed by atoms with Crippen molar-refractivity contribution in [2.75, 3.05) is 0 Å². The zero-order chi connectivity index (χ0) is 19.7. The first-order valence-electron chi connectivity index (χ1n) is 10.0. The zero-order valence-electron chi connectivity index (χ0n) is 16.0. The highest BCUT2D eigenvalue weighted by atomic mass is 32.1. The highest BCUT2D eigenvalue weighted by molar-refractivity contribution is 7.25. The average Bonchev–Trinajstić information content (AvgIpc) is 3.36. The highest BCUT2D eigenvalue weighted by Gasteiger charge is 2.21. The third-order valence-corrected chi connectivity index (χ3v) is 7.04. The minimum Gasteiger partial charge on any atom is -0.483 e. The standard InChI is InChI=1S/C26H16N2OS/c1-4-10-23-18(6-1)26-17(7-5-11-24(26)30-23)16-12-13-20-19(14-16)27-25-15-29-22-9-3-2-8-21(22)28(20)25/h1-14H,15H2. The second-order valence-corrected chi connectivity index (χ2v) is 8.68. The maximum atomic E-state index is 5.91. The van der Waals surface area contributed by atoms with Gasteiger partial charge in [-0.15, -0.1) is 11.3 Å². The predicted octanol–water partition coefficient (Wildman–Crippen LogP) is 6.95. The number of imidazole rings is 1. The van der Waals surface area contributed by atoms with E-state index in [9.17, 15) is 0 Å². The fourth-order valence-corrected chi connectivity index (χ4v) is 5.72. The Morgan fingerprint density at radius 1 is 0.833 bits per heavy atom. The molecular formula is C26H16N2OS. The average molecular weight is 404 g/mol. The molecule has 0 fully saturated rings. The van der Waals surface area contributed by atoms with E-state index in [1.165, 1.54) is 31.3 Å². The van der Waals surface area contributed by atoms with Gasteiger partial charge in [0.25, 0.3) is 0 Å². The lowest BCUT2D eigenvalue weighted by Crippen LogP contribution is -2.12. The quantitative estimate of drug-likeness (QED) is 0.296. The summed E-state index contributed by atoms with van der Waals surface area (Å²) in [6, 6.07) is 30.0. The fourth-order valence-electron chi connectivity index (χ4n) is 4.58. The summed E-state index contributed by atoms with van der Waals surface area (Å²) in [5.74, 6) is 1.85. The van der Waals surface area contributed by atoms with E-state index in [4.69, 9.17) is 9.72 Å². The van der Waals surface area contributed by atoms with Crippen molar-refractivity contribution in [1.82, 2.24) is 9.55 Å². The smallest absolute Gasteiger partial charge is 0.152 e. The number of thiophene rings is 1. The molecule has 1 aliphatic heterocycles. The monoisotopic (exact) mass is 404 g/mol. The number of rotatable bonds is 1. The summed E-state index contributed by atoms with van der Waals surface area (Å²) in [6.45, 7) is 0.492. The molecule has 0 unspecified atom stereocenters. The van der Waals surface area contributed by atoms with Crippen LogP contribution in [0.1, 0.15) is 5.82 Å². The first-order valence-corrected chi connectivity index (χ1v) is 10.8. The summed E-state index contributed by atoms with van der Waals surface area (Å²) >= 11 is 1.85. The van der Waals surface area contributed by atoms with Crippen LogP contribution < -0.4 is 4.74 Å². The third kappa shape index (κ3) is 2.17. The van der Waals surface area contributed by atoms with Gasteiger partial charge in [-0.25, -0.2) is 4.98 Å². The molecule has 4 aromatic carbocycles. The Kier molecular flexibility index (Phi) is 3.21. The SMILES string of the molecule is c1ccc2c(c1)OCc1nc3cc(-c4cccc5sc6ccccc6c45)ccc3n1-2. The van der Waals surface area contributed by atoms with Crippen LogP contribution in [0.5, 0.6) is 5.75 Å². The summed E-state index contributed by atoms with van der Waals surface area (Å²) in [4.78, 5) is 4.91. The molecule has 0 radical (unpaired) electrons. The largest absolute Gasteiger partial charge is 0.483 e. The summed E-state index contributed by atoms with van der Waals surface area (Å²) in [5, 5.41) is 2.65. The molecule has 1 aliphatic rings. The van der Waals surface area contributed by atoms with Gasteiger partial charge >= 0.3 is 0 Å². The van der Waals surface area contributed by atoms with Crippen LogP contribution in [0, 0.1) is 0 Å². The highest BCUT2D eigenvalue weighted by Crippen LogP contribution is 2.41. The number of aromatic nitrogens is 2. The minimum absolute atomic E-state index is 0.492. The van der Waals surface area contributed by atoms with E-state index in [0.29, 0.717) is 6.61 Å². The lowest BCUT2D eigenvalue weighted by atomic mass is 9.99. The van der Waals surface area contributed by atoms with Gasteiger partial charge in [-0.2, -0.15) is 0 Å². The molecular weight excluding hydrogens is 388 g/mol. The summed E-state index contributed by atoms with van der Waals surface area (Å²) in [5.41, 5.74) is 5.63. The Balaban J connectivity index is 1.48. The maximum absolute atomic E-state index is 5.91. The van der Waals surface area contributed by atoms with E-state index in [0.717, 1.165) is 28.3 Å². The van der Waals surface area contributed by atoms with E-state index in [2.05, 4.69) is 71.3 Å². The molecule has 6 aromatic rings. The van der Waals surface area contributed by atoms with E-state index in [1.54, 1.807) is 0 Å². The van der Waals surface area contributed by atoms with Crippen LogP contribution in [0.3, 0.4) is 0 Å². The van der Waals surface area contributed by atoms with Gasteiger partial charge in [-0.1, -0.05) is 48.5 Å². The molecule has 0 aliphatic carbocycles. The van der Waals surface area contributed by atoms with Gasteiger partial charge in [-0.3, -0.25) is 4.57 Å². The number of hydrogen-bond acceptors (Lipinski definition) is 3. The van der Waals surface area contributed by atoms with E-state index in [-0.39, 0.29) is 0 Å². The predicted molar refractivity (Wildman–Crippen MR) is 124 cm³/mol. The van der Waals surface area contributed by atoms with Crippen molar-refractivity contribution in [3.63, 3.8) is 0 Å². The van der Waals surface area contributed by atoms with Gasteiger partial charge in [0.2, 0.25) is 0 Å². The first-order chi connectivity index (χ1) is 14.9. The second-order valence-electron chi connectivity index (χ2n) is 7.60. The van der Waals surface area contributed by atoms with Crippen LogP contribution in [-0.4, -0.2) is 9.55 Å². The number of ether oxygens (including phenoxy) is 1. The molecule has 0 saturated heterocycles. The number of hydrogen-bond donors (Lipinski definition) is 0. The summed E-state index contributed by atoms with van der Waals surface area (Å²) in [7, 11) is 0. The molecule has 4 heteroatoms. The van der Waals surface area contributed by atoms with Crippen molar-refractivity contribution in [3.8, 4) is 22.6 Å². The zero-order valence-corrected chi connectivity index (χ0v) is 16.8. The van der Waals surface area contributed by atoms with Crippen LogP contribution >= 0.6 is 11.3 Å². The van der Waals surface area contributed by atoms with Crippen molar-refractivity contribution in [1.29, 1.82) is 0 Å². The van der Waals surface area contributed by atoms with Gasteiger partial charge in [0.1, 0.15) is 12.4 Å². The number of fused-ring (bicyclic) bond motifs is 8. The van der Waals surface area contributed by atoms with Crippen molar-refractivity contribution >= 4 is 42.5 Å². The van der Waals surface area contributed by atoms with E-state index >= 15 is 0 Å². The summed E-state index contributed by atoms with van der Waals surface area (Å²) < 4.78 is 10.8. The number of benzene rings is 4. The van der Waals surface area contributed by atoms with Gasteiger partial charge in [0, 0.05) is 20.2 Å².